The number of carbonyl (C=O) groups is 1. The first kappa shape index (κ1) is 21.1. The lowest BCUT2D eigenvalue weighted by Crippen LogP contribution is -2.29. The zero-order chi connectivity index (χ0) is 22.9. The molecule has 160 valence electrons. The van der Waals surface area contributed by atoms with E-state index in [1.807, 2.05) is 6.07 Å². The van der Waals surface area contributed by atoms with Gasteiger partial charge in [-0.05, 0) is 41.5 Å². The number of benzene rings is 3. The van der Waals surface area contributed by atoms with Crippen molar-refractivity contribution in [3.05, 3.63) is 77.9 Å². The van der Waals surface area contributed by atoms with E-state index in [9.17, 15) is 28.3 Å². The average molecular weight is 437 g/mol. The lowest BCUT2D eigenvalue weighted by molar-refractivity contribution is -0.190. The van der Waals surface area contributed by atoms with Crippen molar-refractivity contribution in [2.45, 2.75) is 12.8 Å². The number of aromatic nitrogens is 2. The predicted molar refractivity (Wildman–Crippen MR) is 109 cm³/mol. The summed E-state index contributed by atoms with van der Waals surface area (Å²) in [5, 5.41) is 19.0. The molecular formula is C23H14F3N3O3. The molecule has 0 radical (unpaired) electrons. The van der Waals surface area contributed by atoms with Gasteiger partial charge in [0.25, 0.3) is 0 Å². The first-order valence-electron chi connectivity index (χ1n) is 9.33. The van der Waals surface area contributed by atoms with E-state index < -0.39 is 18.2 Å². The van der Waals surface area contributed by atoms with Gasteiger partial charge in [0.1, 0.15) is 0 Å². The minimum Gasteiger partial charge on any atom is -0.392 e. The predicted octanol–water partition coefficient (Wildman–Crippen LogP) is 4.52. The van der Waals surface area contributed by atoms with E-state index in [4.69, 9.17) is 0 Å². The zero-order valence-corrected chi connectivity index (χ0v) is 16.3. The Bertz CT molecular complexity index is 1360. The van der Waals surface area contributed by atoms with Crippen LogP contribution in [-0.2, 0) is 11.4 Å². The number of para-hydroxylation sites is 1. The Morgan fingerprint density at radius 2 is 1.84 bits per heavy atom. The van der Waals surface area contributed by atoms with Crippen molar-refractivity contribution < 1.29 is 27.8 Å². The van der Waals surface area contributed by atoms with Crippen LogP contribution in [0.1, 0.15) is 11.1 Å². The van der Waals surface area contributed by atoms with Crippen molar-refractivity contribution in [1.29, 1.82) is 5.26 Å². The maximum absolute atomic E-state index is 12.9. The SMILES string of the molecule is N#Cc1cc(-c2cccc(CO)c2)c2c(c1)nc(OC(=O)C(F)(F)F)n2-c1ccccc1. The van der Waals surface area contributed by atoms with Crippen LogP contribution in [0.25, 0.3) is 27.8 Å². The van der Waals surface area contributed by atoms with Crippen LogP contribution < -0.4 is 4.74 Å². The summed E-state index contributed by atoms with van der Waals surface area (Å²) in [6.45, 7) is -0.221. The summed E-state index contributed by atoms with van der Waals surface area (Å²) in [5.41, 5.74) is 2.81. The highest BCUT2D eigenvalue weighted by Crippen LogP contribution is 2.36. The summed E-state index contributed by atoms with van der Waals surface area (Å²) in [6, 6.07) is 19.6. The van der Waals surface area contributed by atoms with Gasteiger partial charge in [-0.15, -0.1) is 0 Å². The highest BCUT2D eigenvalue weighted by atomic mass is 19.4. The molecule has 1 heterocycles. The highest BCUT2D eigenvalue weighted by molar-refractivity contribution is 5.96. The Hall–Kier alpha value is -4.16. The van der Waals surface area contributed by atoms with Crippen molar-refractivity contribution in [3.63, 3.8) is 0 Å². The maximum atomic E-state index is 12.9. The molecule has 4 rings (SSSR count). The lowest BCUT2D eigenvalue weighted by Gasteiger charge is -2.13. The van der Waals surface area contributed by atoms with E-state index in [1.54, 1.807) is 60.7 Å². The topological polar surface area (TPSA) is 88.1 Å². The monoisotopic (exact) mass is 437 g/mol. The number of rotatable bonds is 4. The molecule has 4 aromatic rings. The Balaban J connectivity index is 2.06. The van der Waals surface area contributed by atoms with Crippen molar-refractivity contribution in [2.75, 3.05) is 0 Å². The molecule has 6 nitrogen and oxygen atoms in total. The van der Waals surface area contributed by atoms with E-state index in [0.717, 1.165) is 0 Å². The average Bonchev–Trinajstić information content (AvgIpc) is 3.16. The number of aliphatic hydroxyl groups excluding tert-OH is 1. The van der Waals surface area contributed by atoms with Crippen molar-refractivity contribution in [2.24, 2.45) is 0 Å². The smallest absolute Gasteiger partial charge is 0.392 e. The molecule has 0 amide bonds. The second-order valence-corrected chi connectivity index (χ2v) is 6.81. The van der Waals surface area contributed by atoms with Crippen molar-refractivity contribution >= 4 is 17.0 Å². The summed E-state index contributed by atoms with van der Waals surface area (Å²) >= 11 is 0. The van der Waals surface area contributed by atoms with Crippen LogP contribution in [0.3, 0.4) is 0 Å². The van der Waals surface area contributed by atoms with Crippen molar-refractivity contribution in [1.82, 2.24) is 9.55 Å². The second kappa shape index (κ2) is 8.17. The van der Waals surface area contributed by atoms with E-state index in [2.05, 4.69) is 9.72 Å². The number of halogens is 3. The fourth-order valence-corrected chi connectivity index (χ4v) is 3.34. The molecule has 9 heteroatoms. The number of imidazole rings is 1. The van der Waals surface area contributed by atoms with Gasteiger partial charge in [-0.1, -0.05) is 36.4 Å². The van der Waals surface area contributed by atoms with Crippen LogP contribution in [0, 0.1) is 11.3 Å². The Morgan fingerprint density at radius 1 is 1.09 bits per heavy atom. The number of hydrogen-bond donors (Lipinski definition) is 1. The number of carbonyl (C=O) groups excluding carboxylic acids is 1. The van der Waals surface area contributed by atoms with Gasteiger partial charge in [0.15, 0.2) is 0 Å². The fraction of sp³-hybridized carbons (Fsp3) is 0.0870. The Morgan fingerprint density at radius 3 is 2.50 bits per heavy atom. The minimum absolute atomic E-state index is 0.169. The molecular weight excluding hydrogens is 423 g/mol. The van der Waals surface area contributed by atoms with Crippen LogP contribution in [-0.4, -0.2) is 26.8 Å². The number of ether oxygens (including phenoxy) is 1. The number of hydrogen-bond acceptors (Lipinski definition) is 5. The molecule has 0 aliphatic rings. The fourth-order valence-electron chi connectivity index (χ4n) is 3.34. The molecule has 0 saturated heterocycles. The van der Waals surface area contributed by atoms with E-state index >= 15 is 0 Å². The van der Waals surface area contributed by atoms with Crippen LogP contribution in [0.15, 0.2) is 66.7 Å². The summed E-state index contributed by atoms with van der Waals surface area (Å²) in [4.78, 5) is 15.7. The Labute approximate surface area is 179 Å². The largest absolute Gasteiger partial charge is 0.491 e. The number of nitriles is 1. The van der Waals surface area contributed by atoms with Gasteiger partial charge in [-0.25, -0.2) is 4.79 Å². The second-order valence-electron chi connectivity index (χ2n) is 6.81. The van der Waals surface area contributed by atoms with Crippen LogP contribution >= 0.6 is 0 Å². The van der Waals surface area contributed by atoms with Gasteiger partial charge < -0.3 is 9.84 Å². The number of fused-ring (bicyclic) bond motifs is 1. The molecule has 0 spiro atoms. The lowest BCUT2D eigenvalue weighted by atomic mass is 9.99. The molecule has 3 aromatic carbocycles. The summed E-state index contributed by atoms with van der Waals surface area (Å²) in [5.74, 6) is -2.41. The molecule has 32 heavy (non-hydrogen) atoms. The van der Waals surface area contributed by atoms with E-state index in [-0.39, 0.29) is 17.7 Å². The van der Waals surface area contributed by atoms with Gasteiger partial charge in [0.2, 0.25) is 0 Å². The van der Waals surface area contributed by atoms with Gasteiger partial charge in [0, 0.05) is 5.56 Å². The van der Waals surface area contributed by atoms with E-state index in [1.165, 1.54) is 10.6 Å². The van der Waals surface area contributed by atoms with Crippen LogP contribution in [0.5, 0.6) is 6.01 Å². The zero-order valence-electron chi connectivity index (χ0n) is 16.3. The number of esters is 1. The molecule has 0 aliphatic heterocycles. The molecule has 1 aromatic heterocycles. The summed E-state index contributed by atoms with van der Waals surface area (Å²) in [6.07, 6.45) is -5.21. The van der Waals surface area contributed by atoms with Gasteiger partial charge in [0.05, 0.1) is 35.0 Å². The van der Waals surface area contributed by atoms with Gasteiger partial charge >= 0.3 is 18.2 Å². The molecule has 0 saturated carbocycles. The van der Waals surface area contributed by atoms with Gasteiger partial charge in [-0.2, -0.15) is 23.4 Å². The Kier molecular flexibility index (Phi) is 5.38. The molecule has 0 bridgehead atoms. The standard InChI is InChI=1S/C23H14F3N3O3/c24-23(25,26)21(31)32-22-28-19-11-15(12-27)10-18(16-6-4-5-14(9-16)13-30)20(19)29(22)17-7-2-1-3-8-17/h1-11,30H,13H2. The highest BCUT2D eigenvalue weighted by Gasteiger charge is 2.42. The first-order valence-corrected chi connectivity index (χ1v) is 9.33. The van der Waals surface area contributed by atoms with Crippen LogP contribution in [0.4, 0.5) is 13.2 Å². The van der Waals surface area contributed by atoms with Crippen LogP contribution in [0.2, 0.25) is 0 Å². The first-order chi connectivity index (χ1) is 15.3. The minimum atomic E-state index is -5.21. The quantitative estimate of drug-likeness (QED) is 0.474. The summed E-state index contributed by atoms with van der Waals surface area (Å²) < 4.78 is 44.6. The molecule has 1 N–H and O–H groups in total. The van der Waals surface area contributed by atoms with E-state index in [0.29, 0.717) is 27.9 Å². The third kappa shape index (κ3) is 3.91. The number of aliphatic hydroxyl groups is 1. The number of alkyl halides is 3. The van der Waals surface area contributed by atoms with Crippen molar-refractivity contribution in [3.8, 4) is 28.9 Å². The number of nitrogens with zero attached hydrogens (tertiary/aromatic N) is 3. The molecule has 0 fully saturated rings. The maximum Gasteiger partial charge on any atom is 0.491 e. The molecule has 0 atom stereocenters. The normalized spacial score (nSPS) is 11.3. The summed E-state index contributed by atoms with van der Waals surface area (Å²) in [7, 11) is 0. The third-order valence-electron chi connectivity index (χ3n) is 4.70. The van der Waals surface area contributed by atoms with Gasteiger partial charge in [-0.3, -0.25) is 4.57 Å². The molecule has 0 aliphatic carbocycles. The molecule has 0 unspecified atom stereocenters. The third-order valence-corrected chi connectivity index (χ3v) is 4.70.